The second kappa shape index (κ2) is 5.60. The first-order chi connectivity index (χ1) is 7.58. The van der Waals surface area contributed by atoms with E-state index in [-0.39, 0.29) is 5.71 Å². The maximum Gasteiger partial charge on any atom is 0.352 e. The Hall–Kier alpha value is -1.43. The molecule has 1 heterocycles. The van der Waals surface area contributed by atoms with Crippen molar-refractivity contribution in [3.63, 3.8) is 0 Å². The van der Waals surface area contributed by atoms with Gasteiger partial charge in [-0.05, 0) is 35.0 Å². The number of ether oxygens (including phenoxy) is 1. The van der Waals surface area contributed by atoms with E-state index < -0.39 is 5.97 Å². The number of esters is 1. The van der Waals surface area contributed by atoms with Gasteiger partial charge >= 0.3 is 5.97 Å². The molecule has 0 aliphatic rings. The maximum atomic E-state index is 11.2. The average Bonchev–Trinajstić information content (AvgIpc) is 2.28. The molecular formula is C10H12BrN3O2. The van der Waals surface area contributed by atoms with E-state index in [1.807, 2.05) is 6.07 Å². The fraction of sp³-hybridized carbons (Fsp3) is 0.300. The number of pyridine rings is 1. The third-order valence-corrected chi connectivity index (χ3v) is 2.31. The molecule has 0 fully saturated rings. The number of nitrogens with one attached hydrogen (secondary N) is 1. The summed E-state index contributed by atoms with van der Waals surface area (Å²) in [7, 11) is 3.08. The van der Waals surface area contributed by atoms with E-state index in [1.54, 1.807) is 20.0 Å². The number of anilines is 1. The van der Waals surface area contributed by atoms with Crippen LogP contribution in [0.5, 0.6) is 0 Å². The summed E-state index contributed by atoms with van der Waals surface area (Å²) in [5, 5.41) is 2.94. The van der Waals surface area contributed by atoms with E-state index in [9.17, 15) is 4.79 Å². The van der Waals surface area contributed by atoms with Crippen molar-refractivity contribution in [2.24, 2.45) is 4.99 Å². The third-order valence-electron chi connectivity index (χ3n) is 1.86. The van der Waals surface area contributed by atoms with Gasteiger partial charge < -0.3 is 10.1 Å². The molecule has 1 aromatic rings. The Kier molecular flexibility index (Phi) is 4.42. The first kappa shape index (κ1) is 12.6. The number of hydrogen-bond acceptors (Lipinski definition) is 5. The summed E-state index contributed by atoms with van der Waals surface area (Å²) in [6, 6.07) is 3.61. The number of carbonyl (C=O) groups is 1. The highest BCUT2D eigenvalue weighted by Crippen LogP contribution is 2.24. The zero-order chi connectivity index (χ0) is 12.1. The largest absolute Gasteiger partial charge is 0.465 e. The molecule has 0 saturated carbocycles. The van der Waals surface area contributed by atoms with Crippen LogP contribution in [0.2, 0.25) is 0 Å². The van der Waals surface area contributed by atoms with Gasteiger partial charge in [-0.3, -0.25) is 0 Å². The Balaban J connectivity index is 3.12. The summed E-state index contributed by atoms with van der Waals surface area (Å²) < 4.78 is 5.21. The lowest BCUT2D eigenvalue weighted by molar-refractivity contribution is -0.132. The standard InChI is InChI=1S/C10H12BrN3O2/c1-6(10(15)16-3)13-9-7(12-2)4-5-8(11)14-9/h4-5,12H,1-3H3/b13-6+. The number of nitrogens with zero attached hydrogens (tertiary/aromatic N) is 2. The Bertz CT molecular complexity index is 432. The Morgan fingerprint density at radius 3 is 2.81 bits per heavy atom. The molecule has 0 aromatic carbocycles. The van der Waals surface area contributed by atoms with Gasteiger partial charge in [-0.1, -0.05) is 0 Å². The number of methoxy groups -OCH3 is 1. The number of hydrogen-bond donors (Lipinski definition) is 1. The Labute approximate surface area is 102 Å². The monoisotopic (exact) mass is 285 g/mol. The molecule has 0 unspecified atom stereocenters. The van der Waals surface area contributed by atoms with Crippen LogP contribution in [0.1, 0.15) is 6.92 Å². The smallest absolute Gasteiger partial charge is 0.352 e. The molecule has 0 amide bonds. The van der Waals surface area contributed by atoms with Crippen molar-refractivity contribution < 1.29 is 9.53 Å². The third kappa shape index (κ3) is 3.03. The Morgan fingerprint density at radius 1 is 1.56 bits per heavy atom. The Morgan fingerprint density at radius 2 is 2.25 bits per heavy atom. The van der Waals surface area contributed by atoms with Gasteiger partial charge in [0.25, 0.3) is 0 Å². The predicted molar refractivity (Wildman–Crippen MR) is 66.3 cm³/mol. The molecule has 5 nitrogen and oxygen atoms in total. The van der Waals surface area contributed by atoms with Gasteiger partial charge in [0, 0.05) is 7.05 Å². The van der Waals surface area contributed by atoms with E-state index >= 15 is 0 Å². The minimum absolute atomic E-state index is 0.254. The molecule has 1 rings (SSSR count). The molecule has 1 N–H and O–H groups in total. The zero-order valence-electron chi connectivity index (χ0n) is 9.24. The van der Waals surface area contributed by atoms with E-state index in [0.29, 0.717) is 10.4 Å². The fourth-order valence-corrected chi connectivity index (χ4v) is 1.36. The molecular weight excluding hydrogens is 274 g/mol. The highest BCUT2D eigenvalue weighted by atomic mass is 79.9. The minimum Gasteiger partial charge on any atom is -0.465 e. The molecule has 86 valence electrons. The molecule has 0 spiro atoms. The van der Waals surface area contributed by atoms with Crippen molar-refractivity contribution >= 4 is 39.1 Å². The van der Waals surface area contributed by atoms with Crippen LogP contribution in [0, 0.1) is 0 Å². The molecule has 0 saturated heterocycles. The maximum absolute atomic E-state index is 11.2. The molecule has 0 radical (unpaired) electrons. The van der Waals surface area contributed by atoms with Crippen molar-refractivity contribution in [3.8, 4) is 0 Å². The van der Waals surface area contributed by atoms with Crippen molar-refractivity contribution in [3.05, 3.63) is 16.7 Å². The highest BCUT2D eigenvalue weighted by Gasteiger charge is 2.08. The van der Waals surface area contributed by atoms with Crippen LogP contribution in [0.4, 0.5) is 11.5 Å². The van der Waals surface area contributed by atoms with E-state index in [2.05, 4.69) is 36.0 Å². The van der Waals surface area contributed by atoms with Gasteiger partial charge in [-0.15, -0.1) is 0 Å². The van der Waals surface area contributed by atoms with Crippen LogP contribution in [0.15, 0.2) is 21.7 Å². The van der Waals surface area contributed by atoms with Crippen LogP contribution in [-0.4, -0.2) is 30.8 Å². The number of rotatable bonds is 3. The van der Waals surface area contributed by atoms with Crippen molar-refractivity contribution in [1.29, 1.82) is 0 Å². The average molecular weight is 286 g/mol. The molecule has 0 bridgehead atoms. The SMILES string of the molecule is CNc1ccc(Br)nc1/N=C(\C)C(=O)OC. The number of halogens is 1. The second-order valence-corrected chi connectivity index (χ2v) is 3.76. The van der Waals surface area contributed by atoms with Gasteiger partial charge in [0.2, 0.25) is 0 Å². The number of aliphatic imine (C=N–C) groups is 1. The first-order valence-electron chi connectivity index (χ1n) is 4.56. The summed E-state index contributed by atoms with van der Waals surface area (Å²) in [6.45, 7) is 1.58. The lowest BCUT2D eigenvalue weighted by Gasteiger charge is -2.05. The molecule has 1 aromatic heterocycles. The zero-order valence-corrected chi connectivity index (χ0v) is 10.8. The summed E-state index contributed by atoms with van der Waals surface area (Å²) in [5.74, 6) is -0.0244. The predicted octanol–water partition coefficient (Wildman–Crippen LogP) is 2.15. The second-order valence-electron chi connectivity index (χ2n) is 2.94. The highest BCUT2D eigenvalue weighted by molar-refractivity contribution is 9.10. The quantitative estimate of drug-likeness (QED) is 0.525. The summed E-state index contributed by atoms with van der Waals surface area (Å²) in [5.41, 5.74) is 0.996. The topological polar surface area (TPSA) is 63.6 Å². The van der Waals surface area contributed by atoms with E-state index in [4.69, 9.17) is 0 Å². The molecule has 16 heavy (non-hydrogen) atoms. The van der Waals surface area contributed by atoms with Gasteiger partial charge in [0.05, 0.1) is 12.8 Å². The van der Waals surface area contributed by atoms with Crippen LogP contribution in [-0.2, 0) is 9.53 Å². The summed E-state index contributed by atoms with van der Waals surface area (Å²) in [6.07, 6.45) is 0. The van der Waals surface area contributed by atoms with E-state index in [0.717, 1.165) is 5.69 Å². The van der Waals surface area contributed by atoms with Crippen molar-refractivity contribution in [2.45, 2.75) is 6.92 Å². The lowest BCUT2D eigenvalue weighted by Crippen LogP contribution is -2.11. The van der Waals surface area contributed by atoms with E-state index in [1.165, 1.54) is 7.11 Å². The molecule has 0 aliphatic carbocycles. The van der Waals surface area contributed by atoms with Crippen LogP contribution in [0.3, 0.4) is 0 Å². The molecule has 0 aliphatic heterocycles. The van der Waals surface area contributed by atoms with Crippen LogP contribution >= 0.6 is 15.9 Å². The normalized spacial score (nSPS) is 11.1. The van der Waals surface area contributed by atoms with Gasteiger partial charge in [-0.25, -0.2) is 14.8 Å². The van der Waals surface area contributed by atoms with Crippen molar-refractivity contribution in [2.75, 3.05) is 19.5 Å². The number of aromatic nitrogens is 1. The molecule has 6 heteroatoms. The van der Waals surface area contributed by atoms with Gasteiger partial charge in [-0.2, -0.15) is 0 Å². The molecule has 0 atom stereocenters. The van der Waals surface area contributed by atoms with Crippen LogP contribution < -0.4 is 5.32 Å². The summed E-state index contributed by atoms with van der Waals surface area (Å²) >= 11 is 3.25. The summed E-state index contributed by atoms with van der Waals surface area (Å²) in [4.78, 5) is 19.4. The minimum atomic E-state index is -0.469. The lowest BCUT2D eigenvalue weighted by atomic mass is 10.3. The van der Waals surface area contributed by atoms with Crippen LogP contribution in [0.25, 0.3) is 0 Å². The number of carbonyl (C=O) groups excluding carboxylic acids is 1. The first-order valence-corrected chi connectivity index (χ1v) is 5.35. The van der Waals surface area contributed by atoms with Crippen molar-refractivity contribution in [1.82, 2.24) is 4.98 Å². The van der Waals surface area contributed by atoms with Gasteiger partial charge in [0.1, 0.15) is 10.3 Å². The fourth-order valence-electron chi connectivity index (χ4n) is 1.06. The van der Waals surface area contributed by atoms with Gasteiger partial charge in [0.15, 0.2) is 5.82 Å².